The topological polar surface area (TPSA) is 72.0 Å². The van der Waals surface area contributed by atoms with E-state index in [2.05, 4.69) is 4.98 Å². The molecule has 1 aromatic heterocycles. The Kier molecular flexibility index (Phi) is 8.62. The van der Waals surface area contributed by atoms with Crippen molar-refractivity contribution in [2.45, 2.75) is 63.1 Å². The first-order valence-electron chi connectivity index (χ1n) is 11.8. The molecule has 0 aliphatic carbocycles. The molecule has 37 heavy (non-hydrogen) atoms. The molecule has 11 heteroatoms. The van der Waals surface area contributed by atoms with Crippen LogP contribution in [-0.2, 0) is 22.0 Å². The number of rotatable bonds is 7. The molecule has 0 spiro atoms. The van der Waals surface area contributed by atoms with E-state index in [0.29, 0.717) is 19.4 Å². The number of nitrogens with zero attached hydrogens (tertiary/aromatic N) is 3. The molecule has 0 radical (unpaired) electrons. The lowest BCUT2D eigenvalue weighted by Gasteiger charge is -2.30. The fourth-order valence-corrected chi connectivity index (χ4v) is 4.38. The van der Waals surface area contributed by atoms with E-state index in [4.69, 9.17) is 21.1 Å². The quantitative estimate of drug-likeness (QED) is 0.423. The number of methoxy groups -OCH3 is 1. The number of likely N-dealkylation sites (tertiary alicyclic amines) is 1. The molecular formula is C26H31ClF3N3O4. The van der Waals surface area contributed by atoms with Crippen molar-refractivity contribution in [3.63, 3.8) is 0 Å². The van der Waals surface area contributed by atoms with Gasteiger partial charge in [-0.05, 0) is 45.2 Å². The lowest BCUT2D eigenvalue weighted by Crippen LogP contribution is -2.47. The average Bonchev–Trinajstić information content (AvgIpc) is 3.32. The van der Waals surface area contributed by atoms with Crippen molar-refractivity contribution in [2.24, 2.45) is 0 Å². The highest BCUT2D eigenvalue weighted by Crippen LogP contribution is 2.45. The SMILES string of the molecule is COc1nc(C(F)(F)[C@@H](Cl)c2ccccc2)c(F)cc1CN(C)C(=O)C1CCCN1C(=O)OC(C)(C)C. The normalized spacial score (nSPS) is 16.9. The van der Waals surface area contributed by atoms with Crippen LogP contribution in [0.1, 0.15) is 55.8 Å². The first-order chi connectivity index (χ1) is 17.3. The van der Waals surface area contributed by atoms with Crippen molar-refractivity contribution in [3.8, 4) is 5.88 Å². The van der Waals surface area contributed by atoms with E-state index in [1.807, 2.05) is 0 Å². The minimum absolute atomic E-state index is 0.0862. The monoisotopic (exact) mass is 541 g/mol. The number of hydrogen-bond donors (Lipinski definition) is 0. The summed E-state index contributed by atoms with van der Waals surface area (Å²) in [6, 6.07) is 7.70. The van der Waals surface area contributed by atoms with Gasteiger partial charge in [-0.2, -0.15) is 8.78 Å². The molecule has 0 N–H and O–H groups in total. The Balaban J connectivity index is 1.81. The number of amides is 2. The van der Waals surface area contributed by atoms with Gasteiger partial charge in [-0.1, -0.05) is 30.3 Å². The van der Waals surface area contributed by atoms with Crippen molar-refractivity contribution in [3.05, 3.63) is 59.0 Å². The second-order valence-corrected chi connectivity index (χ2v) is 10.3. The summed E-state index contributed by atoms with van der Waals surface area (Å²) >= 11 is 6.02. The molecule has 2 atom stereocenters. The van der Waals surface area contributed by atoms with Gasteiger partial charge in [0.15, 0.2) is 11.5 Å². The van der Waals surface area contributed by atoms with Crippen LogP contribution >= 0.6 is 11.6 Å². The van der Waals surface area contributed by atoms with Crippen LogP contribution in [-0.4, -0.2) is 59.1 Å². The van der Waals surface area contributed by atoms with Crippen LogP contribution < -0.4 is 4.74 Å². The molecular weight excluding hydrogens is 511 g/mol. The van der Waals surface area contributed by atoms with E-state index in [0.717, 1.165) is 6.07 Å². The van der Waals surface area contributed by atoms with Crippen LogP contribution in [0.5, 0.6) is 5.88 Å². The van der Waals surface area contributed by atoms with Gasteiger partial charge >= 0.3 is 12.0 Å². The maximum atomic E-state index is 15.2. The largest absolute Gasteiger partial charge is 0.481 e. The van der Waals surface area contributed by atoms with Crippen molar-refractivity contribution in [1.82, 2.24) is 14.8 Å². The smallest absolute Gasteiger partial charge is 0.410 e. The number of hydrogen-bond acceptors (Lipinski definition) is 5. The molecule has 202 valence electrons. The van der Waals surface area contributed by atoms with Gasteiger partial charge in [-0.25, -0.2) is 14.2 Å². The number of likely N-dealkylation sites (N-methyl/N-ethyl adjacent to an activating group) is 1. The zero-order valence-corrected chi connectivity index (χ0v) is 22.2. The Bertz CT molecular complexity index is 1130. The molecule has 3 rings (SSSR count). The zero-order chi connectivity index (χ0) is 27.5. The molecule has 1 saturated heterocycles. The highest BCUT2D eigenvalue weighted by atomic mass is 35.5. The molecule has 1 aliphatic heterocycles. The summed E-state index contributed by atoms with van der Waals surface area (Å²) in [7, 11) is 2.68. The molecule has 7 nitrogen and oxygen atoms in total. The van der Waals surface area contributed by atoms with Crippen LogP contribution in [0.2, 0.25) is 0 Å². The third kappa shape index (κ3) is 6.47. The average molecular weight is 542 g/mol. The summed E-state index contributed by atoms with van der Waals surface area (Å²) in [6.45, 7) is 5.38. The lowest BCUT2D eigenvalue weighted by atomic mass is 10.0. The number of pyridine rings is 1. The standard InChI is InChI=1S/C26H31ClF3N3O4/c1-25(2,3)37-24(35)33-13-9-12-19(33)23(34)32(4)15-17-14-18(28)21(31-22(17)36-5)26(29,30)20(27)16-10-7-6-8-11-16/h6-8,10-11,14,19-20H,9,12-13,15H2,1-5H3/t19?,20-/m0/s1. The number of carbonyl (C=O) groups is 2. The fraction of sp³-hybridized carbons (Fsp3) is 0.500. The number of benzene rings is 1. The van der Waals surface area contributed by atoms with Gasteiger partial charge in [0.25, 0.3) is 0 Å². The van der Waals surface area contributed by atoms with Crippen molar-refractivity contribution in [2.75, 3.05) is 20.7 Å². The zero-order valence-electron chi connectivity index (χ0n) is 21.4. The number of aromatic nitrogens is 1. The van der Waals surface area contributed by atoms with Crippen molar-refractivity contribution in [1.29, 1.82) is 0 Å². The summed E-state index contributed by atoms with van der Waals surface area (Å²) in [5, 5.41) is -1.86. The first-order valence-corrected chi connectivity index (χ1v) is 12.2. The summed E-state index contributed by atoms with van der Waals surface area (Å²) in [4.78, 5) is 32.1. The minimum Gasteiger partial charge on any atom is -0.481 e. The Morgan fingerprint density at radius 1 is 1.24 bits per heavy atom. The molecule has 0 saturated carbocycles. The predicted molar refractivity (Wildman–Crippen MR) is 132 cm³/mol. The highest BCUT2D eigenvalue weighted by molar-refractivity contribution is 6.21. The highest BCUT2D eigenvalue weighted by Gasteiger charge is 2.46. The van der Waals surface area contributed by atoms with Crippen molar-refractivity contribution < 1.29 is 32.2 Å². The van der Waals surface area contributed by atoms with Crippen molar-refractivity contribution >= 4 is 23.6 Å². The maximum Gasteiger partial charge on any atom is 0.410 e. The molecule has 1 unspecified atom stereocenters. The van der Waals surface area contributed by atoms with Gasteiger partial charge in [0.2, 0.25) is 11.8 Å². The second-order valence-electron chi connectivity index (χ2n) is 9.91. The van der Waals surface area contributed by atoms with E-state index in [9.17, 15) is 14.0 Å². The third-order valence-corrected chi connectivity index (χ3v) is 6.41. The van der Waals surface area contributed by atoms with Gasteiger partial charge in [-0.15, -0.1) is 11.6 Å². The number of ether oxygens (including phenoxy) is 2. The van der Waals surface area contributed by atoms with Crippen LogP contribution in [0.3, 0.4) is 0 Å². The molecule has 2 amide bonds. The first kappa shape index (κ1) is 28.6. The van der Waals surface area contributed by atoms with E-state index >= 15 is 8.78 Å². The Labute approximate surface area is 219 Å². The van der Waals surface area contributed by atoms with Crippen LogP contribution in [0.4, 0.5) is 18.0 Å². The number of carbonyl (C=O) groups excluding carboxylic acids is 2. The van der Waals surface area contributed by atoms with Crippen LogP contribution in [0, 0.1) is 5.82 Å². The lowest BCUT2D eigenvalue weighted by molar-refractivity contribution is -0.135. The Morgan fingerprint density at radius 2 is 1.89 bits per heavy atom. The van der Waals surface area contributed by atoms with Gasteiger partial charge in [0.05, 0.1) is 13.7 Å². The van der Waals surface area contributed by atoms with E-state index in [1.54, 1.807) is 39.0 Å². The maximum absolute atomic E-state index is 15.2. The third-order valence-electron chi connectivity index (χ3n) is 5.88. The number of halogens is 4. The molecule has 2 aromatic rings. The van der Waals surface area contributed by atoms with Gasteiger partial charge in [0.1, 0.15) is 17.0 Å². The van der Waals surface area contributed by atoms with Gasteiger partial charge in [0, 0.05) is 19.2 Å². The van der Waals surface area contributed by atoms with E-state index in [-0.39, 0.29) is 23.6 Å². The molecule has 0 bridgehead atoms. The Morgan fingerprint density at radius 3 is 2.49 bits per heavy atom. The summed E-state index contributed by atoms with van der Waals surface area (Å²) in [5.74, 6) is -5.79. The molecule has 1 aliphatic rings. The van der Waals surface area contributed by atoms with E-state index < -0.39 is 46.5 Å². The fourth-order valence-electron chi connectivity index (χ4n) is 4.14. The molecule has 1 aromatic carbocycles. The molecule has 1 fully saturated rings. The van der Waals surface area contributed by atoms with Gasteiger partial charge < -0.3 is 14.4 Å². The predicted octanol–water partition coefficient (Wildman–Crippen LogP) is 5.66. The summed E-state index contributed by atoms with van der Waals surface area (Å²) in [5.41, 5.74) is -1.68. The van der Waals surface area contributed by atoms with E-state index in [1.165, 1.54) is 36.1 Å². The minimum atomic E-state index is -3.85. The van der Waals surface area contributed by atoms with Crippen LogP contribution in [0.25, 0.3) is 0 Å². The summed E-state index contributed by atoms with van der Waals surface area (Å²) < 4.78 is 55.9. The molecule has 2 heterocycles. The number of alkyl halides is 3. The summed E-state index contributed by atoms with van der Waals surface area (Å²) in [6.07, 6.45) is 0.462. The van der Waals surface area contributed by atoms with Gasteiger partial charge in [-0.3, -0.25) is 9.69 Å². The second kappa shape index (κ2) is 11.2. The Hall–Kier alpha value is -3.01. The van der Waals surface area contributed by atoms with Crippen LogP contribution in [0.15, 0.2) is 36.4 Å².